The molecule has 3 aromatic heterocycles. The first-order valence-electron chi connectivity index (χ1n) is 7.94. The molecule has 4 rings (SSSR count). The Morgan fingerprint density at radius 3 is 2.84 bits per heavy atom. The fourth-order valence-electron chi connectivity index (χ4n) is 2.82. The van der Waals surface area contributed by atoms with E-state index in [2.05, 4.69) is 67.2 Å². The first kappa shape index (κ1) is 16.1. The Kier molecular flexibility index (Phi) is 4.16. The summed E-state index contributed by atoms with van der Waals surface area (Å²) in [6, 6.07) is 10.3. The van der Waals surface area contributed by atoms with Gasteiger partial charge in [-0.1, -0.05) is 18.2 Å². The highest BCUT2D eigenvalue weighted by Crippen LogP contribution is 2.21. The van der Waals surface area contributed by atoms with Crippen LogP contribution < -0.4 is 5.32 Å². The van der Waals surface area contributed by atoms with E-state index in [0.717, 1.165) is 32.1 Å². The van der Waals surface area contributed by atoms with Crippen LogP contribution in [-0.4, -0.2) is 24.1 Å². The summed E-state index contributed by atoms with van der Waals surface area (Å²) >= 11 is 2.28. The Balaban J connectivity index is 1.60. The van der Waals surface area contributed by atoms with E-state index in [0.29, 0.717) is 6.54 Å². The van der Waals surface area contributed by atoms with Crippen molar-refractivity contribution in [2.75, 3.05) is 5.32 Å². The molecule has 0 fully saturated rings. The van der Waals surface area contributed by atoms with Crippen molar-refractivity contribution in [1.82, 2.24) is 24.1 Å². The third kappa shape index (κ3) is 2.99. The predicted molar refractivity (Wildman–Crippen MR) is 106 cm³/mol. The lowest BCUT2D eigenvalue weighted by Gasteiger charge is -2.09. The maximum atomic E-state index is 4.57. The van der Waals surface area contributed by atoms with Gasteiger partial charge in [0.2, 0.25) is 0 Å². The summed E-state index contributed by atoms with van der Waals surface area (Å²) in [5.74, 6) is 1.89. The predicted octanol–water partition coefficient (Wildman–Crippen LogP) is 3.65. The smallest absolute Gasteiger partial charge is 0.171 e. The Morgan fingerprint density at radius 1 is 1.16 bits per heavy atom. The largest absolute Gasteiger partial charge is 0.366 e. The summed E-state index contributed by atoms with van der Waals surface area (Å²) in [4.78, 5) is 8.83. The number of nitrogens with one attached hydrogen (secondary N) is 1. The number of aryl methyl sites for hydroxylation is 2. The van der Waals surface area contributed by atoms with Crippen LogP contribution in [0.15, 0.2) is 48.9 Å². The van der Waals surface area contributed by atoms with Gasteiger partial charge >= 0.3 is 0 Å². The molecular formula is C18H17IN6. The number of anilines is 1. The van der Waals surface area contributed by atoms with Crippen LogP contribution in [0.1, 0.15) is 11.3 Å². The Morgan fingerprint density at radius 2 is 2.04 bits per heavy atom. The third-order valence-electron chi connectivity index (χ3n) is 4.10. The second-order valence-corrected chi connectivity index (χ2v) is 6.96. The molecule has 0 spiro atoms. The maximum absolute atomic E-state index is 4.57. The van der Waals surface area contributed by atoms with Gasteiger partial charge in [0.1, 0.15) is 11.6 Å². The van der Waals surface area contributed by atoms with Gasteiger partial charge in [0.15, 0.2) is 5.65 Å². The van der Waals surface area contributed by atoms with E-state index in [1.807, 2.05) is 47.7 Å². The Labute approximate surface area is 159 Å². The number of nitrogens with zero attached hydrogens (tertiary/aromatic N) is 5. The van der Waals surface area contributed by atoms with Crippen LogP contribution in [0.3, 0.4) is 0 Å². The lowest BCUT2D eigenvalue weighted by atomic mass is 10.1. The molecule has 126 valence electrons. The summed E-state index contributed by atoms with van der Waals surface area (Å²) < 4.78 is 4.96. The number of rotatable bonds is 4. The van der Waals surface area contributed by atoms with Gasteiger partial charge in [-0.15, -0.1) is 0 Å². The van der Waals surface area contributed by atoms with Gasteiger partial charge in [-0.05, 0) is 47.2 Å². The highest BCUT2D eigenvalue weighted by atomic mass is 127. The van der Waals surface area contributed by atoms with E-state index in [1.54, 1.807) is 0 Å². The first-order valence-corrected chi connectivity index (χ1v) is 9.01. The molecule has 0 aliphatic heterocycles. The molecule has 0 saturated carbocycles. The van der Waals surface area contributed by atoms with Gasteiger partial charge in [0, 0.05) is 37.7 Å². The van der Waals surface area contributed by atoms with Gasteiger partial charge in [0.05, 0.1) is 9.26 Å². The minimum Gasteiger partial charge on any atom is -0.366 e. The molecule has 3 heterocycles. The van der Waals surface area contributed by atoms with E-state index < -0.39 is 0 Å². The van der Waals surface area contributed by atoms with Crippen LogP contribution in [0.2, 0.25) is 0 Å². The molecule has 1 N–H and O–H groups in total. The molecule has 0 unspecified atom stereocenters. The zero-order chi connectivity index (χ0) is 17.4. The van der Waals surface area contributed by atoms with Crippen molar-refractivity contribution >= 4 is 34.1 Å². The summed E-state index contributed by atoms with van der Waals surface area (Å²) in [5.41, 5.74) is 4.16. The minimum atomic E-state index is 0.701. The number of halogens is 1. The molecule has 0 radical (unpaired) electrons. The summed E-state index contributed by atoms with van der Waals surface area (Å²) in [6.45, 7) is 2.70. The number of benzene rings is 1. The fourth-order valence-corrected chi connectivity index (χ4v) is 3.29. The van der Waals surface area contributed by atoms with Gasteiger partial charge in [0.25, 0.3) is 0 Å². The zero-order valence-corrected chi connectivity index (χ0v) is 16.1. The van der Waals surface area contributed by atoms with E-state index in [9.17, 15) is 0 Å². The molecule has 4 aromatic rings. The summed E-state index contributed by atoms with van der Waals surface area (Å²) in [5, 5.41) is 8.03. The van der Waals surface area contributed by atoms with Crippen molar-refractivity contribution in [3.63, 3.8) is 0 Å². The van der Waals surface area contributed by atoms with Crippen molar-refractivity contribution in [2.24, 2.45) is 7.05 Å². The van der Waals surface area contributed by atoms with Crippen LogP contribution >= 0.6 is 22.6 Å². The molecule has 0 aliphatic rings. The normalized spacial score (nSPS) is 11.2. The molecule has 0 aliphatic carbocycles. The minimum absolute atomic E-state index is 0.701. The second kappa shape index (κ2) is 6.47. The molecular weight excluding hydrogens is 427 g/mol. The Bertz CT molecular complexity index is 1050. The molecule has 7 heteroatoms. The topological polar surface area (TPSA) is 60.0 Å². The average Bonchev–Trinajstić information content (AvgIpc) is 3.18. The number of imidazole rings is 1. The van der Waals surface area contributed by atoms with Gasteiger partial charge in [-0.25, -0.2) is 9.97 Å². The van der Waals surface area contributed by atoms with Gasteiger partial charge < -0.3 is 9.88 Å². The van der Waals surface area contributed by atoms with Crippen LogP contribution in [-0.2, 0) is 13.6 Å². The molecule has 6 nitrogen and oxygen atoms in total. The number of fused-ring (bicyclic) bond motifs is 1. The standard InChI is InChI=1S/C18H17IN6/c1-12-16(19)18-20-7-6-15(25(18)23-12)22-11-13-4-3-5-14(10-13)17-21-8-9-24(17)2/h3-10,22H,11H2,1-2H3. The fraction of sp³-hybridized carbons (Fsp3) is 0.167. The molecule has 0 saturated heterocycles. The van der Waals surface area contributed by atoms with Crippen molar-refractivity contribution in [1.29, 1.82) is 0 Å². The zero-order valence-electron chi connectivity index (χ0n) is 13.9. The van der Waals surface area contributed by atoms with Crippen molar-refractivity contribution in [2.45, 2.75) is 13.5 Å². The average molecular weight is 444 g/mol. The second-order valence-electron chi connectivity index (χ2n) is 5.88. The molecule has 0 amide bonds. The highest BCUT2D eigenvalue weighted by Gasteiger charge is 2.10. The lowest BCUT2D eigenvalue weighted by Crippen LogP contribution is -2.06. The highest BCUT2D eigenvalue weighted by molar-refractivity contribution is 14.1. The number of hydrogen-bond acceptors (Lipinski definition) is 4. The number of hydrogen-bond donors (Lipinski definition) is 1. The molecule has 25 heavy (non-hydrogen) atoms. The molecule has 0 bridgehead atoms. The maximum Gasteiger partial charge on any atom is 0.171 e. The quantitative estimate of drug-likeness (QED) is 0.489. The van der Waals surface area contributed by atoms with Gasteiger partial charge in [-0.3, -0.25) is 0 Å². The SMILES string of the molecule is Cc1nn2c(NCc3cccc(-c4nccn4C)c3)ccnc2c1I. The van der Waals surface area contributed by atoms with Crippen LogP contribution in [0.5, 0.6) is 0 Å². The van der Waals surface area contributed by atoms with E-state index >= 15 is 0 Å². The summed E-state index contributed by atoms with van der Waals surface area (Å²) in [6.07, 6.45) is 5.58. The molecule has 0 atom stereocenters. The van der Waals surface area contributed by atoms with Crippen molar-refractivity contribution < 1.29 is 0 Å². The number of aromatic nitrogens is 5. The Hall–Kier alpha value is -2.42. The van der Waals surface area contributed by atoms with Crippen LogP contribution in [0.4, 0.5) is 5.82 Å². The molecule has 1 aromatic carbocycles. The van der Waals surface area contributed by atoms with Crippen molar-refractivity contribution in [3.8, 4) is 11.4 Å². The monoisotopic (exact) mass is 444 g/mol. The van der Waals surface area contributed by atoms with Gasteiger partial charge in [-0.2, -0.15) is 9.61 Å². The third-order valence-corrected chi connectivity index (χ3v) is 5.37. The van der Waals surface area contributed by atoms with Crippen LogP contribution in [0.25, 0.3) is 17.0 Å². The van der Waals surface area contributed by atoms with E-state index in [4.69, 9.17) is 0 Å². The first-order chi connectivity index (χ1) is 12.1. The lowest BCUT2D eigenvalue weighted by molar-refractivity contribution is 0.906. The van der Waals surface area contributed by atoms with Crippen LogP contribution in [0, 0.1) is 10.5 Å². The van der Waals surface area contributed by atoms with E-state index in [1.165, 1.54) is 5.56 Å². The van der Waals surface area contributed by atoms with Crippen molar-refractivity contribution in [3.05, 3.63) is 63.7 Å². The summed E-state index contributed by atoms with van der Waals surface area (Å²) in [7, 11) is 2.00. The van der Waals surface area contributed by atoms with E-state index in [-0.39, 0.29) is 0 Å².